The maximum absolute atomic E-state index is 13.3. The predicted molar refractivity (Wildman–Crippen MR) is 140 cm³/mol. The normalized spacial score (nSPS) is 17.9. The number of halogens is 1. The second-order valence-electron chi connectivity index (χ2n) is 8.83. The summed E-state index contributed by atoms with van der Waals surface area (Å²) < 4.78 is 45.9. The molecule has 1 fully saturated rings. The molecule has 1 amide bonds. The molecule has 3 rings (SSSR count). The number of methoxy groups -OCH3 is 1. The van der Waals surface area contributed by atoms with Gasteiger partial charge in [0.1, 0.15) is 11.9 Å². The van der Waals surface area contributed by atoms with Crippen molar-refractivity contribution in [2.24, 2.45) is 4.99 Å². The van der Waals surface area contributed by atoms with Crippen LogP contribution in [0.4, 0.5) is 0 Å². The number of guanidine groups is 1. The molecule has 0 aliphatic carbocycles. The van der Waals surface area contributed by atoms with Gasteiger partial charge in [0.2, 0.25) is 16.0 Å². The van der Waals surface area contributed by atoms with Crippen molar-refractivity contribution in [1.82, 2.24) is 25.5 Å². The van der Waals surface area contributed by atoms with E-state index in [0.717, 1.165) is 0 Å². The van der Waals surface area contributed by atoms with Crippen LogP contribution in [0.15, 0.2) is 46.1 Å². The third-order valence-corrected chi connectivity index (χ3v) is 8.25. The van der Waals surface area contributed by atoms with E-state index >= 15 is 0 Å². The SMILES string of the molecule is COc1cnc(C(C)C(C)S(=O)(=O)N/C(=N\C2COC(C)(C)OC2)NNC(=O)c2ccccc2Br)nc1. The minimum absolute atomic E-state index is 0.188. The van der Waals surface area contributed by atoms with Gasteiger partial charge in [0.05, 0.1) is 43.5 Å². The van der Waals surface area contributed by atoms with E-state index in [1.54, 1.807) is 45.0 Å². The van der Waals surface area contributed by atoms with Crippen LogP contribution in [0, 0.1) is 0 Å². The van der Waals surface area contributed by atoms with Gasteiger partial charge in [-0.25, -0.2) is 23.4 Å². The maximum atomic E-state index is 13.3. The number of carbonyl (C=O) groups is 1. The molecule has 0 radical (unpaired) electrons. The Morgan fingerprint density at radius 3 is 2.38 bits per heavy atom. The third kappa shape index (κ3) is 7.84. The van der Waals surface area contributed by atoms with Crippen molar-refractivity contribution >= 4 is 37.8 Å². The number of hydrogen-bond acceptors (Lipinski definition) is 9. The molecule has 2 unspecified atom stereocenters. The molecule has 2 aromatic rings. The Labute approximate surface area is 224 Å². The van der Waals surface area contributed by atoms with Gasteiger partial charge in [0.25, 0.3) is 5.91 Å². The number of aromatic nitrogens is 2. The summed E-state index contributed by atoms with van der Waals surface area (Å²) in [5.74, 6) is -1.22. The first-order valence-electron chi connectivity index (χ1n) is 11.5. The van der Waals surface area contributed by atoms with Gasteiger partial charge in [-0.1, -0.05) is 19.1 Å². The van der Waals surface area contributed by atoms with Crippen LogP contribution < -0.4 is 20.3 Å². The summed E-state index contributed by atoms with van der Waals surface area (Å²) in [5, 5.41) is -0.954. The fourth-order valence-electron chi connectivity index (χ4n) is 3.23. The summed E-state index contributed by atoms with van der Waals surface area (Å²) in [7, 11) is -2.52. The van der Waals surface area contributed by atoms with Crippen molar-refractivity contribution in [2.45, 2.75) is 50.7 Å². The van der Waals surface area contributed by atoms with Crippen LogP contribution >= 0.6 is 15.9 Å². The zero-order valence-electron chi connectivity index (χ0n) is 21.2. The molecule has 0 bridgehead atoms. The van der Waals surface area contributed by atoms with E-state index in [0.29, 0.717) is 21.6 Å². The zero-order chi connectivity index (χ0) is 27.2. The number of carbonyl (C=O) groups excluding carboxylic acids is 1. The molecule has 1 aromatic carbocycles. The largest absolute Gasteiger partial charge is 0.494 e. The Balaban J connectivity index is 1.78. The van der Waals surface area contributed by atoms with Crippen LogP contribution in [0.25, 0.3) is 0 Å². The van der Waals surface area contributed by atoms with Gasteiger partial charge in [-0.15, -0.1) is 0 Å². The van der Waals surface area contributed by atoms with Gasteiger partial charge in [-0.3, -0.25) is 20.4 Å². The van der Waals surface area contributed by atoms with Crippen LogP contribution in [0.5, 0.6) is 5.75 Å². The van der Waals surface area contributed by atoms with Gasteiger partial charge in [0.15, 0.2) is 11.5 Å². The highest BCUT2D eigenvalue weighted by Crippen LogP contribution is 2.22. The maximum Gasteiger partial charge on any atom is 0.270 e. The number of nitrogens with one attached hydrogen (secondary N) is 3. The quantitative estimate of drug-likeness (QED) is 0.247. The van der Waals surface area contributed by atoms with Crippen molar-refractivity contribution < 1.29 is 27.4 Å². The van der Waals surface area contributed by atoms with Gasteiger partial charge < -0.3 is 14.2 Å². The first kappa shape index (κ1) is 28.8. The summed E-state index contributed by atoms with van der Waals surface area (Å²) >= 11 is 3.33. The Morgan fingerprint density at radius 2 is 1.78 bits per heavy atom. The summed E-state index contributed by atoms with van der Waals surface area (Å²) in [5.41, 5.74) is 5.43. The highest BCUT2D eigenvalue weighted by atomic mass is 79.9. The number of hydrogen-bond donors (Lipinski definition) is 3. The molecule has 1 aliphatic heterocycles. The number of benzene rings is 1. The summed E-state index contributed by atoms with van der Waals surface area (Å²) in [6.45, 7) is 7.18. The minimum atomic E-state index is -4.01. The van der Waals surface area contributed by atoms with Gasteiger partial charge in [0, 0.05) is 10.4 Å². The van der Waals surface area contributed by atoms with E-state index < -0.39 is 38.9 Å². The minimum Gasteiger partial charge on any atom is -0.494 e. The number of hydrazine groups is 1. The first-order chi connectivity index (χ1) is 17.4. The average molecular weight is 600 g/mol. The number of amides is 1. The lowest BCUT2D eigenvalue weighted by Crippen LogP contribution is -2.53. The summed E-state index contributed by atoms with van der Waals surface area (Å²) in [6, 6.07) is 6.30. The Kier molecular flexibility index (Phi) is 9.45. The zero-order valence-corrected chi connectivity index (χ0v) is 23.6. The van der Waals surface area contributed by atoms with Gasteiger partial charge >= 0.3 is 0 Å². The standard InChI is InChI=1S/C23H31BrN6O6S/c1-14(20-25-10-17(34-5)11-26-20)15(2)37(32,33)30-22(27-16-12-35-23(3,4)36-13-16)29-28-21(31)18-8-6-7-9-19(18)24/h6-11,14-16H,12-13H2,1-5H3,(H,28,31)(H2,27,29,30). The predicted octanol–water partition coefficient (Wildman–Crippen LogP) is 2.10. The molecule has 0 spiro atoms. The average Bonchev–Trinajstić information content (AvgIpc) is 2.87. The Bertz CT molecular complexity index is 1210. The first-order valence-corrected chi connectivity index (χ1v) is 13.8. The van der Waals surface area contributed by atoms with Crippen LogP contribution in [0.2, 0.25) is 0 Å². The smallest absolute Gasteiger partial charge is 0.270 e. The number of sulfonamides is 1. The van der Waals surface area contributed by atoms with Crippen molar-refractivity contribution in [3.63, 3.8) is 0 Å². The van der Waals surface area contributed by atoms with E-state index in [2.05, 4.69) is 46.5 Å². The second-order valence-corrected chi connectivity index (χ2v) is 11.7. The topological polar surface area (TPSA) is 153 Å². The van der Waals surface area contributed by atoms with E-state index in [1.165, 1.54) is 26.4 Å². The summed E-state index contributed by atoms with van der Waals surface area (Å²) in [4.78, 5) is 25.5. The van der Waals surface area contributed by atoms with Crippen molar-refractivity contribution in [2.75, 3.05) is 20.3 Å². The van der Waals surface area contributed by atoms with Crippen LogP contribution in [-0.4, -0.2) is 67.7 Å². The van der Waals surface area contributed by atoms with E-state index in [1.807, 2.05) is 0 Å². The molecule has 0 saturated carbocycles. The Hall–Kier alpha value is -2.81. The molecule has 1 aliphatic rings. The lowest BCUT2D eigenvalue weighted by atomic mass is 10.1. The van der Waals surface area contributed by atoms with Gasteiger partial charge in [-0.2, -0.15) is 0 Å². The lowest BCUT2D eigenvalue weighted by Gasteiger charge is -2.33. The summed E-state index contributed by atoms with van der Waals surface area (Å²) in [6.07, 6.45) is 2.95. The monoisotopic (exact) mass is 598 g/mol. The molecule has 12 nitrogen and oxygen atoms in total. The van der Waals surface area contributed by atoms with E-state index in [4.69, 9.17) is 14.2 Å². The molecule has 2 heterocycles. The molecule has 37 heavy (non-hydrogen) atoms. The molecule has 1 aromatic heterocycles. The molecule has 202 valence electrons. The third-order valence-electron chi connectivity index (χ3n) is 5.69. The molecular formula is C23H31BrN6O6S. The van der Waals surface area contributed by atoms with Crippen LogP contribution in [-0.2, 0) is 19.5 Å². The molecule has 2 atom stereocenters. The Morgan fingerprint density at radius 1 is 1.16 bits per heavy atom. The lowest BCUT2D eigenvalue weighted by molar-refractivity contribution is -0.249. The highest BCUT2D eigenvalue weighted by Gasteiger charge is 2.32. The fraction of sp³-hybridized carbons (Fsp3) is 0.478. The second kappa shape index (κ2) is 12.2. The van der Waals surface area contributed by atoms with Crippen molar-refractivity contribution in [3.8, 4) is 5.75 Å². The molecule has 14 heteroatoms. The van der Waals surface area contributed by atoms with Crippen LogP contribution in [0.3, 0.4) is 0 Å². The van der Waals surface area contributed by atoms with E-state index in [9.17, 15) is 13.2 Å². The van der Waals surface area contributed by atoms with Crippen LogP contribution in [0.1, 0.15) is 49.8 Å². The number of nitrogens with zero attached hydrogens (tertiary/aromatic N) is 3. The highest BCUT2D eigenvalue weighted by molar-refractivity contribution is 9.10. The molecule has 1 saturated heterocycles. The van der Waals surface area contributed by atoms with Gasteiger partial charge in [-0.05, 0) is 48.8 Å². The van der Waals surface area contributed by atoms with E-state index in [-0.39, 0.29) is 19.2 Å². The number of aliphatic imine (C=N–C) groups is 1. The van der Waals surface area contributed by atoms with Crippen molar-refractivity contribution in [3.05, 3.63) is 52.5 Å². The fourth-order valence-corrected chi connectivity index (χ4v) is 4.91. The van der Waals surface area contributed by atoms with Crippen molar-refractivity contribution in [1.29, 1.82) is 0 Å². The number of rotatable bonds is 7. The molecule has 3 N–H and O–H groups in total. The number of ether oxygens (including phenoxy) is 3. The molecular weight excluding hydrogens is 568 g/mol.